The van der Waals surface area contributed by atoms with Crippen molar-refractivity contribution in [3.63, 3.8) is 0 Å². The van der Waals surface area contributed by atoms with Gasteiger partial charge in [0.25, 0.3) is 0 Å². The van der Waals surface area contributed by atoms with E-state index in [1.807, 2.05) is 29.1 Å². The van der Waals surface area contributed by atoms with E-state index in [9.17, 15) is 0 Å². The van der Waals surface area contributed by atoms with Gasteiger partial charge in [-0.05, 0) is 24.8 Å². The molecule has 0 spiro atoms. The second-order valence-electron chi connectivity index (χ2n) is 6.98. The summed E-state index contributed by atoms with van der Waals surface area (Å²) in [6.45, 7) is 11.1. The number of hydrogen-bond donors (Lipinski definition) is 2. The molecule has 0 bridgehead atoms. The molecule has 0 unspecified atom stereocenters. The van der Waals surface area contributed by atoms with Gasteiger partial charge in [0.05, 0.1) is 19.3 Å². The standard InChI is InChI=1S/C21H33N5O/c1-4-22-21(23-11-8-12-27-17-18(2)3)24-13-20-14-25-26(16-20)15-19-9-6-5-7-10-19/h5-7,9-10,14,16,18H,4,8,11-13,15,17H2,1-3H3,(H2,22,23,24). The molecule has 148 valence electrons. The van der Waals surface area contributed by atoms with Gasteiger partial charge in [-0.2, -0.15) is 5.10 Å². The number of nitrogens with zero attached hydrogens (tertiary/aromatic N) is 3. The Hall–Kier alpha value is -2.34. The Labute approximate surface area is 163 Å². The van der Waals surface area contributed by atoms with Crippen LogP contribution in [0.4, 0.5) is 0 Å². The quantitative estimate of drug-likeness (QED) is 0.362. The molecule has 0 radical (unpaired) electrons. The van der Waals surface area contributed by atoms with Crippen LogP contribution >= 0.6 is 0 Å². The summed E-state index contributed by atoms with van der Waals surface area (Å²) in [7, 11) is 0. The molecule has 6 nitrogen and oxygen atoms in total. The van der Waals surface area contributed by atoms with E-state index in [1.165, 1.54) is 5.56 Å². The van der Waals surface area contributed by atoms with Gasteiger partial charge in [-0.25, -0.2) is 4.99 Å². The predicted octanol–water partition coefficient (Wildman–Crippen LogP) is 3.05. The lowest BCUT2D eigenvalue weighted by molar-refractivity contribution is 0.108. The molecular formula is C21H33N5O. The normalized spacial score (nSPS) is 11.8. The molecule has 0 saturated carbocycles. The summed E-state index contributed by atoms with van der Waals surface area (Å²) >= 11 is 0. The van der Waals surface area contributed by atoms with E-state index in [-0.39, 0.29) is 0 Å². The second-order valence-corrected chi connectivity index (χ2v) is 6.98. The van der Waals surface area contributed by atoms with Crippen LogP contribution in [0.25, 0.3) is 0 Å². The topological polar surface area (TPSA) is 63.5 Å². The minimum Gasteiger partial charge on any atom is -0.381 e. The van der Waals surface area contributed by atoms with Gasteiger partial charge in [0.2, 0.25) is 0 Å². The molecule has 2 aromatic rings. The van der Waals surface area contributed by atoms with Crippen LogP contribution in [0.2, 0.25) is 0 Å². The molecule has 0 atom stereocenters. The highest BCUT2D eigenvalue weighted by molar-refractivity contribution is 5.79. The molecule has 0 amide bonds. The lowest BCUT2D eigenvalue weighted by Crippen LogP contribution is -2.38. The number of nitrogens with one attached hydrogen (secondary N) is 2. The van der Waals surface area contributed by atoms with Crippen molar-refractivity contribution in [2.75, 3.05) is 26.3 Å². The number of aliphatic imine (C=N–C) groups is 1. The summed E-state index contributed by atoms with van der Waals surface area (Å²) in [4.78, 5) is 4.65. The number of aromatic nitrogens is 2. The molecule has 1 aromatic carbocycles. The van der Waals surface area contributed by atoms with E-state index in [2.05, 4.69) is 59.8 Å². The van der Waals surface area contributed by atoms with Gasteiger partial charge in [0.15, 0.2) is 5.96 Å². The van der Waals surface area contributed by atoms with E-state index < -0.39 is 0 Å². The monoisotopic (exact) mass is 371 g/mol. The van der Waals surface area contributed by atoms with Crippen molar-refractivity contribution in [3.05, 3.63) is 53.9 Å². The Morgan fingerprint density at radius 3 is 2.74 bits per heavy atom. The van der Waals surface area contributed by atoms with Gasteiger partial charge >= 0.3 is 0 Å². The second kappa shape index (κ2) is 12.1. The summed E-state index contributed by atoms with van der Waals surface area (Å²) in [5.41, 5.74) is 2.34. The van der Waals surface area contributed by atoms with Gasteiger partial charge in [-0.1, -0.05) is 44.2 Å². The first-order valence-corrected chi connectivity index (χ1v) is 9.82. The summed E-state index contributed by atoms with van der Waals surface area (Å²) in [5, 5.41) is 11.1. The van der Waals surface area contributed by atoms with Gasteiger partial charge in [0.1, 0.15) is 0 Å². The molecule has 27 heavy (non-hydrogen) atoms. The fourth-order valence-corrected chi connectivity index (χ4v) is 2.56. The SMILES string of the molecule is CCNC(=NCc1cnn(Cc2ccccc2)c1)NCCCOCC(C)C. The van der Waals surface area contributed by atoms with E-state index in [0.29, 0.717) is 12.5 Å². The highest BCUT2D eigenvalue weighted by Crippen LogP contribution is 2.05. The van der Waals surface area contributed by atoms with Crippen LogP contribution in [0.3, 0.4) is 0 Å². The Kier molecular flexibility index (Phi) is 9.41. The average Bonchev–Trinajstić information content (AvgIpc) is 3.10. The molecular weight excluding hydrogens is 338 g/mol. The molecule has 6 heteroatoms. The summed E-state index contributed by atoms with van der Waals surface area (Å²) < 4.78 is 7.56. The van der Waals surface area contributed by atoms with Crippen molar-refractivity contribution in [1.29, 1.82) is 0 Å². The van der Waals surface area contributed by atoms with Gasteiger partial charge < -0.3 is 15.4 Å². The predicted molar refractivity (Wildman–Crippen MR) is 111 cm³/mol. The van der Waals surface area contributed by atoms with E-state index in [4.69, 9.17) is 4.74 Å². The smallest absolute Gasteiger partial charge is 0.191 e. The van der Waals surface area contributed by atoms with Crippen molar-refractivity contribution >= 4 is 5.96 Å². The van der Waals surface area contributed by atoms with Crippen molar-refractivity contribution < 1.29 is 4.74 Å². The summed E-state index contributed by atoms with van der Waals surface area (Å²) in [5.74, 6) is 1.41. The van der Waals surface area contributed by atoms with Gasteiger partial charge in [-0.3, -0.25) is 4.68 Å². The summed E-state index contributed by atoms with van der Waals surface area (Å²) in [6, 6.07) is 10.3. The third-order valence-electron chi connectivity index (χ3n) is 3.85. The third-order valence-corrected chi connectivity index (χ3v) is 3.85. The van der Waals surface area contributed by atoms with Gasteiger partial charge in [0, 0.05) is 38.1 Å². The first-order valence-electron chi connectivity index (χ1n) is 9.82. The van der Waals surface area contributed by atoms with Crippen molar-refractivity contribution in [2.24, 2.45) is 10.9 Å². The van der Waals surface area contributed by atoms with Crippen LogP contribution in [0, 0.1) is 5.92 Å². The van der Waals surface area contributed by atoms with Crippen LogP contribution in [0.1, 0.15) is 38.3 Å². The van der Waals surface area contributed by atoms with E-state index in [0.717, 1.165) is 50.8 Å². The minimum atomic E-state index is 0.583. The highest BCUT2D eigenvalue weighted by Gasteiger charge is 2.01. The maximum atomic E-state index is 5.61. The maximum absolute atomic E-state index is 5.61. The molecule has 2 N–H and O–H groups in total. The van der Waals surface area contributed by atoms with E-state index >= 15 is 0 Å². The fraction of sp³-hybridized carbons (Fsp3) is 0.524. The van der Waals surface area contributed by atoms with Crippen molar-refractivity contribution in [3.8, 4) is 0 Å². The number of guanidine groups is 1. The fourth-order valence-electron chi connectivity index (χ4n) is 2.56. The molecule has 0 saturated heterocycles. The first kappa shape index (κ1) is 21.0. The lowest BCUT2D eigenvalue weighted by Gasteiger charge is -2.11. The van der Waals surface area contributed by atoms with Gasteiger partial charge in [-0.15, -0.1) is 0 Å². The zero-order chi connectivity index (χ0) is 19.3. The number of hydrogen-bond acceptors (Lipinski definition) is 3. The maximum Gasteiger partial charge on any atom is 0.191 e. The van der Waals surface area contributed by atoms with Crippen LogP contribution in [0.15, 0.2) is 47.7 Å². The van der Waals surface area contributed by atoms with Crippen molar-refractivity contribution in [2.45, 2.75) is 40.3 Å². The van der Waals surface area contributed by atoms with Crippen LogP contribution in [-0.4, -0.2) is 42.0 Å². The Bertz CT molecular complexity index is 666. The number of benzene rings is 1. The third kappa shape index (κ3) is 8.73. The molecule has 0 aliphatic carbocycles. The molecule has 0 aliphatic heterocycles. The van der Waals surface area contributed by atoms with E-state index in [1.54, 1.807) is 0 Å². The first-order chi connectivity index (χ1) is 13.2. The van der Waals surface area contributed by atoms with Crippen LogP contribution < -0.4 is 10.6 Å². The zero-order valence-corrected chi connectivity index (χ0v) is 16.8. The molecule has 0 fully saturated rings. The Morgan fingerprint density at radius 2 is 2.00 bits per heavy atom. The number of rotatable bonds is 11. The largest absolute Gasteiger partial charge is 0.381 e. The van der Waals surface area contributed by atoms with Crippen LogP contribution in [0.5, 0.6) is 0 Å². The minimum absolute atomic E-state index is 0.583. The van der Waals surface area contributed by atoms with Crippen molar-refractivity contribution in [1.82, 2.24) is 20.4 Å². The molecule has 1 heterocycles. The Balaban J connectivity index is 1.76. The number of ether oxygens (including phenoxy) is 1. The zero-order valence-electron chi connectivity index (χ0n) is 16.8. The summed E-state index contributed by atoms with van der Waals surface area (Å²) in [6.07, 6.45) is 4.90. The highest BCUT2D eigenvalue weighted by atomic mass is 16.5. The van der Waals surface area contributed by atoms with Crippen LogP contribution in [-0.2, 0) is 17.8 Å². The Morgan fingerprint density at radius 1 is 1.19 bits per heavy atom. The lowest BCUT2D eigenvalue weighted by atomic mass is 10.2. The molecule has 1 aromatic heterocycles. The molecule has 2 rings (SSSR count). The molecule has 0 aliphatic rings. The average molecular weight is 372 g/mol.